The number of carbonyl (C=O) groups is 1. The van der Waals surface area contributed by atoms with Crippen LogP contribution in [0.5, 0.6) is 0 Å². The number of nitrogens with two attached hydrogens (primary N) is 1. The van der Waals surface area contributed by atoms with Crippen molar-refractivity contribution in [3.63, 3.8) is 0 Å². The first-order chi connectivity index (χ1) is 2.91. The predicted octanol–water partition coefficient (Wildman–Crippen LogP) is -0.993. The highest BCUT2D eigenvalue weighted by atomic mass is 16.7. The molecule has 0 radical (unpaired) electrons. The highest BCUT2D eigenvalue weighted by Crippen LogP contribution is 1.58. The van der Waals surface area contributed by atoms with Gasteiger partial charge in [0, 0.05) is 0 Å². The Kier molecular flexibility index (Phi) is 3.94. The Bertz CT molecular complexity index is 37.8. The van der Waals surface area contributed by atoms with Crippen LogP contribution in [0, 0.1) is 0 Å². The summed E-state index contributed by atoms with van der Waals surface area (Å²) in [5.41, 5.74) is 0. The molecular weight excluding hydrogens is 86.0 g/mol. The Hall–Kier alpha value is -0.610. The van der Waals surface area contributed by atoms with Crippen molar-refractivity contribution < 1.29 is 14.4 Å². The first-order valence-corrected chi connectivity index (χ1v) is 1.28. The third kappa shape index (κ3) is 3.39. The minimum absolute atomic E-state index is 0.177. The molecule has 0 amide bonds. The van der Waals surface area contributed by atoms with Crippen molar-refractivity contribution in [3.05, 3.63) is 0 Å². The van der Waals surface area contributed by atoms with Gasteiger partial charge in [-0.25, -0.2) is 5.90 Å². The van der Waals surface area contributed by atoms with E-state index in [-0.39, 0.29) is 13.3 Å². The molecule has 0 aliphatic heterocycles. The maximum Gasteiger partial charge on any atom is 0.295 e. The molecule has 36 valence electrons. The molecule has 0 atom stereocenters. The van der Waals surface area contributed by atoms with Crippen LogP contribution in [0.3, 0.4) is 0 Å². The summed E-state index contributed by atoms with van der Waals surface area (Å²) in [4.78, 5) is 13.0. The third-order valence-corrected chi connectivity index (χ3v) is 0.204. The van der Waals surface area contributed by atoms with Crippen LogP contribution in [0.1, 0.15) is 0 Å². The molecule has 0 unspecified atom stereocenters. The largest absolute Gasteiger partial charge is 0.439 e. The van der Waals surface area contributed by atoms with E-state index in [1.165, 1.54) is 0 Å². The second-order valence-corrected chi connectivity index (χ2v) is 0.547. The minimum atomic E-state index is -0.177. The fourth-order valence-electron chi connectivity index (χ4n) is 0.0671. The van der Waals surface area contributed by atoms with Crippen molar-refractivity contribution >= 4 is 6.47 Å². The summed E-state index contributed by atoms with van der Waals surface area (Å²) in [6.45, 7) is 0.0797. The SMILES string of the molecule is NOCOC=O. The number of hydrogen-bond acceptors (Lipinski definition) is 4. The van der Waals surface area contributed by atoms with E-state index in [0.29, 0.717) is 0 Å². The van der Waals surface area contributed by atoms with Gasteiger partial charge in [0.2, 0.25) is 6.79 Å². The van der Waals surface area contributed by atoms with Crippen LogP contribution < -0.4 is 5.90 Å². The Morgan fingerprint density at radius 1 is 1.83 bits per heavy atom. The lowest BCUT2D eigenvalue weighted by atomic mass is 11.4. The van der Waals surface area contributed by atoms with E-state index in [1.807, 2.05) is 0 Å². The van der Waals surface area contributed by atoms with Gasteiger partial charge >= 0.3 is 0 Å². The Balaban J connectivity index is 2.49. The maximum absolute atomic E-state index is 9.21. The van der Waals surface area contributed by atoms with E-state index in [0.717, 1.165) is 0 Å². The van der Waals surface area contributed by atoms with Crippen LogP contribution in [0.4, 0.5) is 0 Å². The molecule has 0 aromatic carbocycles. The fraction of sp³-hybridized carbons (Fsp3) is 0.500. The van der Waals surface area contributed by atoms with Crippen molar-refractivity contribution in [2.75, 3.05) is 6.79 Å². The topological polar surface area (TPSA) is 61.6 Å². The van der Waals surface area contributed by atoms with E-state index in [1.54, 1.807) is 0 Å². The predicted molar refractivity (Wildman–Crippen MR) is 17.3 cm³/mol. The fourth-order valence-corrected chi connectivity index (χ4v) is 0.0671. The smallest absolute Gasteiger partial charge is 0.295 e. The summed E-state index contributed by atoms with van der Waals surface area (Å²) in [6.07, 6.45) is 0. The Morgan fingerprint density at radius 3 is 2.67 bits per heavy atom. The van der Waals surface area contributed by atoms with Gasteiger partial charge in [0.15, 0.2) is 0 Å². The zero-order valence-corrected chi connectivity index (χ0v) is 3.09. The van der Waals surface area contributed by atoms with Crippen molar-refractivity contribution in [1.82, 2.24) is 0 Å². The van der Waals surface area contributed by atoms with E-state index in [2.05, 4.69) is 15.5 Å². The number of rotatable bonds is 3. The van der Waals surface area contributed by atoms with Crippen LogP contribution >= 0.6 is 0 Å². The third-order valence-electron chi connectivity index (χ3n) is 0.204. The Morgan fingerprint density at radius 2 is 2.50 bits per heavy atom. The van der Waals surface area contributed by atoms with Crippen LogP contribution in [0.25, 0.3) is 0 Å². The highest BCUT2D eigenvalue weighted by Gasteiger charge is 1.70. The quantitative estimate of drug-likeness (QED) is 0.209. The van der Waals surface area contributed by atoms with Gasteiger partial charge in [0.25, 0.3) is 6.47 Å². The molecule has 0 rings (SSSR count). The molecule has 2 N–H and O–H groups in total. The molecule has 0 heterocycles. The highest BCUT2D eigenvalue weighted by molar-refractivity contribution is 5.36. The lowest BCUT2D eigenvalue weighted by Crippen LogP contribution is -2.02. The van der Waals surface area contributed by atoms with Gasteiger partial charge in [-0.15, -0.1) is 0 Å². The van der Waals surface area contributed by atoms with E-state index >= 15 is 0 Å². The van der Waals surface area contributed by atoms with E-state index in [9.17, 15) is 4.79 Å². The van der Waals surface area contributed by atoms with Crippen molar-refractivity contribution in [1.29, 1.82) is 0 Å². The molecule has 0 spiro atoms. The molecule has 0 fully saturated rings. The van der Waals surface area contributed by atoms with E-state index < -0.39 is 0 Å². The van der Waals surface area contributed by atoms with Gasteiger partial charge in [-0.3, -0.25) is 9.63 Å². The normalized spacial score (nSPS) is 7.50. The summed E-state index contributed by atoms with van der Waals surface area (Å²) in [5, 5.41) is 0. The molecule has 6 heavy (non-hydrogen) atoms. The monoisotopic (exact) mass is 91.0 g/mol. The van der Waals surface area contributed by atoms with Crippen LogP contribution in [-0.2, 0) is 14.4 Å². The average Bonchev–Trinajstić information content (AvgIpc) is 1.61. The lowest BCUT2D eigenvalue weighted by molar-refractivity contribution is -0.141. The zero-order valence-electron chi connectivity index (χ0n) is 3.09. The summed E-state index contributed by atoms with van der Waals surface area (Å²) >= 11 is 0. The zero-order chi connectivity index (χ0) is 4.83. The molecule has 0 aliphatic rings. The van der Waals surface area contributed by atoms with Gasteiger partial charge in [0.1, 0.15) is 0 Å². The van der Waals surface area contributed by atoms with Gasteiger partial charge in [-0.2, -0.15) is 0 Å². The Labute approximate surface area is 34.8 Å². The van der Waals surface area contributed by atoms with Crippen molar-refractivity contribution in [3.8, 4) is 0 Å². The molecule has 0 aliphatic carbocycles. The number of hydrogen-bond donors (Lipinski definition) is 1. The van der Waals surface area contributed by atoms with E-state index in [4.69, 9.17) is 0 Å². The minimum Gasteiger partial charge on any atom is -0.439 e. The standard InChI is InChI=1S/C2H5NO3/c3-6-2-5-1-4/h1H,2-3H2. The number of ether oxygens (including phenoxy) is 1. The first-order valence-electron chi connectivity index (χ1n) is 1.28. The van der Waals surface area contributed by atoms with Crippen molar-refractivity contribution in [2.24, 2.45) is 5.90 Å². The maximum atomic E-state index is 9.21. The molecule has 4 nitrogen and oxygen atoms in total. The summed E-state index contributed by atoms with van der Waals surface area (Å²) in [7, 11) is 0. The second kappa shape index (κ2) is 4.39. The van der Waals surface area contributed by atoms with Crippen LogP contribution in [-0.4, -0.2) is 13.3 Å². The molecule has 0 aromatic rings. The molecule has 0 bridgehead atoms. The summed E-state index contributed by atoms with van der Waals surface area (Å²) < 4.78 is 3.95. The summed E-state index contributed by atoms with van der Waals surface area (Å²) in [5.74, 6) is 4.43. The molecule has 0 saturated heterocycles. The van der Waals surface area contributed by atoms with Gasteiger partial charge < -0.3 is 4.74 Å². The summed E-state index contributed by atoms with van der Waals surface area (Å²) in [6, 6.07) is 0. The van der Waals surface area contributed by atoms with Crippen molar-refractivity contribution in [2.45, 2.75) is 0 Å². The second-order valence-electron chi connectivity index (χ2n) is 0.547. The molecule has 0 saturated carbocycles. The van der Waals surface area contributed by atoms with Gasteiger partial charge in [-0.05, 0) is 0 Å². The molecular formula is C2H5NO3. The van der Waals surface area contributed by atoms with Crippen LogP contribution in [0.15, 0.2) is 0 Å². The van der Waals surface area contributed by atoms with Crippen LogP contribution in [0.2, 0.25) is 0 Å². The van der Waals surface area contributed by atoms with Gasteiger partial charge in [-0.1, -0.05) is 0 Å². The number of carbonyl (C=O) groups excluding carboxylic acids is 1. The average molecular weight is 91.1 g/mol. The first kappa shape index (κ1) is 5.39. The molecule has 4 heteroatoms. The lowest BCUT2D eigenvalue weighted by Gasteiger charge is -1.88. The molecule has 0 aromatic heterocycles. The van der Waals surface area contributed by atoms with Gasteiger partial charge in [0.05, 0.1) is 0 Å².